The quantitative estimate of drug-likeness (QED) is 0.861. The monoisotopic (exact) mass is 249 g/mol. The van der Waals surface area contributed by atoms with E-state index in [0.717, 1.165) is 31.6 Å². The molecule has 0 unspecified atom stereocenters. The number of nitrogens with one attached hydrogen (secondary N) is 1. The number of phenols is 1. The fourth-order valence-corrected chi connectivity index (χ4v) is 2.30. The lowest BCUT2D eigenvalue weighted by molar-refractivity contribution is 0.0847. The Kier molecular flexibility index (Phi) is 4.20. The Morgan fingerprint density at radius 3 is 2.78 bits per heavy atom. The largest absolute Gasteiger partial charge is 0.508 e. The van der Waals surface area contributed by atoms with Gasteiger partial charge in [0.1, 0.15) is 5.75 Å². The minimum Gasteiger partial charge on any atom is -0.508 e. The maximum absolute atomic E-state index is 11.6. The standard InChI is InChI=1S/C14H19NO3/c1-2-15-14(17)11-3-4-12(13(16)9-11)10-5-7-18-8-6-10/h3-4,9-10,16H,2,5-8H2,1H3,(H,15,17). The first-order valence-corrected chi connectivity index (χ1v) is 6.41. The van der Waals surface area contributed by atoms with Crippen LogP contribution < -0.4 is 5.32 Å². The molecule has 0 saturated carbocycles. The van der Waals surface area contributed by atoms with E-state index in [4.69, 9.17) is 4.74 Å². The molecule has 0 radical (unpaired) electrons. The Hall–Kier alpha value is -1.55. The lowest BCUT2D eigenvalue weighted by Crippen LogP contribution is -2.22. The molecule has 1 saturated heterocycles. The molecule has 18 heavy (non-hydrogen) atoms. The van der Waals surface area contributed by atoms with Crippen molar-refractivity contribution in [2.45, 2.75) is 25.7 Å². The summed E-state index contributed by atoms with van der Waals surface area (Å²) in [4.78, 5) is 11.6. The summed E-state index contributed by atoms with van der Waals surface area (Å²) in [7, 11) is 0. The first-order chi connectivity index (χ1) is 8.72. The number of hydrogen-bond donors (Lipinski definition) is 2. The molecule has 1 amide bonds. The van der Waals surface area contributed by atoms with E-state index in [2.05, 4.69) is 5.32 Å². The lowest BCUT2D eigenvalue weighted by Gasteiger charge is -2.23. The lowest BCUT2D eigenvalue weighted by atomic mass is 9.90. The van der Waals surface area contributed by atoms with Gasteiger partial charge >= 0.3 is 0 Å². The van der Waals surface area contributed by atoms with Crippen LogP contribution in [0.5, 0.6) is 5.75 Å². The van der Waals surface area contributed by atoms with E-state index in [0.29, 0.717) is 18.0 Å². The molecule has 0 aliphatic carbocycles. The maximum atomic E-state index is 11.6. The molecule has 98 valence electrons. The number of ether oxygens (including phenoxy) is 1. The SMILES string of the molecule is CCNC(=O)c1ccc(C2CCOCC2)c(O)c1. The van der Waals surface area contributed by atoms with E-state index in [1.54, 1.807) is 12.1 Å². The number of benzene rings is 1. The predicted molar refractivity (Wildman–Crippen MR) is 68.9 cm³/mol. The highest BCUT2D eigenvalue weighted by molar-refractivity contribution is 5.94. The van der Waals surface area contributed by atoms with E-state index in [1.165, 1.54) is 0 Å². The van der Waals surface area contributed by atoms with Crippen LogP contribution in [-0.4, -0.2) is 30.8 Å². The van der Waals surface area contributed by atoms with Gasteiger partial charge < -0.3 is 15.2 Å². The van der Waals surface area contributed by atoms with Crippen molar-refractivity contribution in [3.05, 3.63) is 29.3 Å². The van der Waals surface area contributed by atoms with Crippen LogP contribution >= 0.6 is 0 Å². The zero-order valence-corrected chi connectivity index (χ0v) is 10.6. The first kappa shape index (κ1) is 12.9. The van der Waals surface area contributed by atoms with Crippen LogP contribution in [0.25, 0.3) is 0 Å². The Morgan fingerprint density at radius 1 is 1.44 bits per heavy atom. The van der Waals surface area contributed by atoms with Gasteiger partial charge in [0.25, 0.3) is 5.91 Å². The van der Waals surface area contributed by atoms with E-state index in [1.807, 2.05) is 13.0 Å². The van der Waals surface area contributed by atoms with Gasteiger partial charge in [-0.25, -0.2) is 0 Å². The molecule has 0 spiro atoms. The molecule has 4 heteroatoms. The minimum absolute atomic E-state index is 0.147. The van der Waals surface area contributed by atoms with Crippen LogP contribution in [0.4, 0.5) is 0 Å². The average molecular weight is 249 g/mol. The molecule has 0 bridgehead atoms. The van der Waals surface area contributed by atoms with E-state index >= 15 is 0 Å². The second-order valence-corrected chi connectivity index (χ2v) is 4.52. The smallest absolute Gasteiger partial charge is 0.251 e. The summed E-state index contributed by atoms with van der Waals surface area (Å²) < 4.78 is 5.31. The molecule has 1 fully saturated rings. The average Bonchev–Trinajstić information content (AvgIpc) is 2.40. The summed E-state index contributed by atoms with van der Waals surface area (Å²) in [6.07, 6.45) is 1.85. The Balaban J connectivity index is 2.16. The number of phenolic OH excluding ortho intramolecular Hbond substituents is 1. The normalized spacial score (nSPS) is 16.5. The van der Waals surface area contributed by atoms with Gasteiger partial charge in [0.2, 0.25) is 0 Å². The van der Waals surface area contributed by atoms with E-state index in [-0.39, 0.29) is 11.7 Å². The van der Waals surface area contributed by atoms with Gasteiger partial charge in [0, 0.05) is 25.3 Å². The van der Waals surface area contributed by atoms with Crippen molar-refractivity contribution in [3.63, 3.8) is 0 Å². The van der Waals surface area contributed by atoms with E-state index in [9.17, 15) is 9.90 Å². The summed E-state index contributed by atoms with van der Waals surface area (Å²) in [5.74, 6) is 0.402. The fourth-order valence-electron chi connectivity index (χ4n) is 2.30. The molecule has 0 atom stereocenters. The molecule has 4 nitrogen and oxygen atoms in total. The number of amides is 1. The summed E-state index contributed by atoms with van der Waals surface area (Å²) in [6.45, 7) is 3.93. The van der Waals surface area contributed by atoms with Crippen LogP contribution in [-0.2, 0) is 4.74 Å². The Morgan fingerprint density at radius 2 is 2.17 bits per heavy atom. The second-order valence-electron chi connectivity index (χ2n) is 4.52. The molecule has 2 rings (SSSR count). The van der Waals surface area contributed by atoms with Crippen LogP contribution in [0, 0.1) is 0 Å². The molecule has 1 aliphatic rings. The van der Waals surface area contributed by atoms with Gasteiger partial charge in [-0.05, 0) is 43.4 Å². The van der Waals surface area contributed by atoms with Crippen LogP contribution in [0.15, 0.2) is 18.2 Å². The highest BCUT2D eigenvalue weighted by Gasteiger charge is 2.19. The molecular weight excluding hydrogens is 230 g/mol. The van der Waals surface area contributed by atoms with Crippen molar-refractivity contribution in [2.75, 3.05) is 19.8 Å². The third-order valence-electron chi connectivity index (χ3n) is 3.29. The Bertz CT molecular complexity index is 425. The zero-order chi connectivity index (χ0) is 13.0. The van der Waals surface area contributed by atoms with Gasteiger partial charge in [-0.3, -0.25) is 4.79 Å². The third-order valence-corrected chi connectivity index (χ3v) is 3.29. The molecule has 2 N–H and O–H groups in total. The Labute approximate surface area is 107 Å². The van der Waals surface area contributed by atoms with Crippen molar-refractivity contribution < 1.29 is 14.6 Å². The molecular formula is C14H19NO3. The first-order valence-electron chi connectivity index (χ1n) is 6.41. The summed E-state index contributed by atoms with van der Waals surface area (Å²) in [5.41, 5.74) is 1.43. The van der Waals surface area contributed by atoms with Crippen LogP contribution in [0.1, 0.15) is 41.6 Å². The minimum atomic E-state index is -0.147. The number of hydrogen-bond acceptors (Lipinski definition) is 3. The van der Waals surface area contributed by atoms with Crippen molar-refractivity contribution in [1.82, 2.24) is 5.32 Å². The van der Waals surface area contributed by atoms with Gasteiger partial charge in [-0.1, -0.05) is 6.07 Å². The molecule has 1 aromatic carbocycles. The summed E-state index contributed by atoms with van der Waals surface area (Å²) in [5, 5.41) is 12.8. The maximum Gasteiger partial charge on any atom is 0.251 e. The number of carbonyl (C=O) groups excluding carboxylic acids is 1. The summed E-state index contributed by atoms with van der Waals surface area (Å²) >= 11 is 0. The molecule has 1 aromatic rings. The van der Waals surface area contributed by atoms with E-state index < -0.39 is 0 Å². The second kappa shape index (κ2) is 5.87. The van der Waals surface area contributed by atoms with Crippen molar-refractivity contribution in [1.29, 1.82) is 0 Å². The highest BCUT2D eigenvalue weighted by atomic mass is 16.5. The fraction of sp³-hybridized carbons (Fsp3) is 0.500. The molecule has 1 heterocycles. The van der Waals surface area contributed by atoms with Gasteiger partial charge in [-0.15, -0.1) is 0 Å². The van der Waals surface area contributed by atoms with Crippen LogP contribution in [0.2, 0.25) is 0 Å². The third kappa shape index (κ3) is 2.82. The van der Waals surface area contributed by atoms with Crippen molar-refractivity contribution in [3.8, 4) is 5.75 Å². The predicted octanol–water partition coefficient (Wildman–Crippen LogP) is 2.04. The van der Waals surface area contributed by atoms with Gasteiger partial charge in [-0.2, -0.15) is 0 Å². The number of rotatable bonds is 3. The number of aromatic hydroxyl groups is 1. The molecule has 1 aliphatic heterocycles. The van der Waals surface area contributed by atoms with Crippen LogP contribution in [0.3, 0.4) is 0 Å². The van der Waals surface area contributed by atoms with Crippen molar-refractivity contribution in [2.24, 2.45) is 0 Å². The van der Waals surface area contributed by atoms with Gasteiger partial charge in [0.05, 0.1) is 0 Å². The summed E-state index contributed by atoms with van der Waals surface area (Å²) in [6, 6.07) is 5.18. The topological polar surface area (TPSA) is 58.6 Å². The van der Waals surface area contributed by atoms with Crippen molar-refractivity contribution >= 4 is 5.91 Å². The molecule has 0 aromatic heterocycles. The zero-order valence-electron chi connectivity index (χ0n) is 10.6. The van der Waals surface area contributed by atoms with Gasteiger partial charge in [0.15, 0.2) is 0 Å². The highest BCUT2D eigenvalue weighted by Crippen LogP contribution is 2.33. The number of carbonyl (C=O) groups is 1.